The number of benzene rings is 2. The number of hydrogen-bond donors (Lipinski definition) is 1. The van der Waals surface area contributed by atoms with Gasteiger partial charge in [-0.1, -0.05) is 34.8 Å². The van der Waals surface area contributed by atoms with Crippen molar-refractivity contribution in [1.29, 1.82) is 0 Å². The molecule has 7 heteroatoms. The minimum absolute atomic E-state index is 0.261. The lowest BCUT2D eigenvalue weighted by Gasteiger charge is -2.07. The highest BCUT2D eigenvalue weighted by molar-refractivity contribution is 6.53. The Hall–Kier alpha value is -0.640. The highest BCUT2D eigenvalue weighted by Gasteiger charge is 2.67. The van der Waals surface area contributed by atoms with Crippen LogP contribution < -0.4 is 5.32 Å². The average molecular weight is 424 g/mol. The molecule has 2 atom stereocenters. The van der Waals surface area contributed by atoms with Crippen LogP contribution in [0.1, 0.15) is 17.0 Å². The molecule has 2 aromatic carbocycles. The molecule has 1 fully saturated rings. The molecular weight excluding hydrogens is 411 g/mol. The Kier molecular flexibility index (Phi) is 4.98. The number of rotatable bonds is 3. The predicted molar refractivity (Wildman–Crippen MR) is 102 cm³/mol. The summed E-state index contributed by atoms with van der Waals surface area (Å²) in [6, 6.07) is 10.3. The summed E-state index contributed by atoms with van der Waals surface area (Å²) in [5, 5.41) is 4.40. The fourth-order valence-corrected chi connectivity index (χ4v) is 4.25. The number of amides is 1. The number of aryl methyl sites for hydroxylation is 1. The van der Waals surface area contributed by atoms with Crippen molar-refractivity contribution in [2.75, 3.05) is 5.32 Å². The molecule has 1 unspecified atom stereocenters. The van der Waals surface area contributed by atoms with Crippen molar-refractivity contribution in [2.45, 2.75) is 17.2 Å². The first kappa shape index (κ1) is 18.2. The first-order chi connectivity index (χ1) is 11.2. The average Bonchev–Trinajstić information content (AvgIpc) is 3.05. The summed E-state index contributed by atoms with van der Waals surface area (Å²) < 4.78 is -1.19. The van der Waals surface area contributed by atoms with E-state index in [4.69, 9.17) is 58.0 Å². The maximum atomic E-state index is 12.6. The molecule has 2 nitrogen and oxygen atoms in total. The van der Waals surface area contributed by atoms with E-state index in [1.807, 2.05) is 6.92 Å². The Bertz CT molecular complexity index is 800. The first-order valence-corrected chi connectivity index (χ1v) is 9.00. The Balaban J connectivity index is 1.81. The zero-order chi connectivity index (χ0) is 17.6. The highest BCUT2D eigenvalue weighted by atomic mass is 35.5. The molecule has 0 spiro atoms. The fraction of sp³-hybridized carbons (Fsp3) is 0.235. The largest absolute Gasteiger partial charge is 0.326 e. The van der Waals surface area contributed by atoms with E-state index >= 15 is 0 Å². The second kappa shape index (κ2) is 6.59. The monoisotopic (exact) mass is 421 g/mol. The lowest BCUT2D eigenvalue weighted by molar-refractivity contribution is -0.117. The van der Waals surface area contributed by atoms with Gasteiger partial charge < -0.3 is 5.32 Å². The van der Waals surface area contributed by atoms with Gasteiger partial charge in [0.25, 0.3) is 0 Å². The number of nitrogens with one attached hydrogen (secondary N) is 1. The minimum atomic E-state index is -1.19. The molecule has 2 aromatic rings. The van der Waals surface area contributed by atoms with Crippen molar-refractivity contribution in [3.63, 3.8) is 0 Å². The maximum absolute atomic E-state index is 12.6. The molecule has 1 saturated carbocycles. The van der Waals surface area contributed by atoms with Gasteiger partial charge in [-0.15, -0.1) is 23.2 Å². The fourth-order valence-electron chi connectivity index (χ4n) is 2.76. The van der Waals surface area contributed by atoms with Crippen LogP contribution in [0.3, 0.4) is 0 Å². The van der Waals surface area contributed by atoms with E-state index in [1.54, 1.807) is 36.4 Å². The molecule has 0 heterocycles. The van der Waals surface area contributed by atoms with Crippen LogP contribution in [0.25, 0.3) is 0 Å². The smallest absolute Gasteiger partial charge is 0.231 e. The molecule has 1 amide bonds. The third-order valence-electron chi connectivity index (χ3n) is 4.01. The zero-order valence-electron chi connectivity index (χ0n) is 12.4. The number of carbonyl (C=O) groups is 1. The molecule has 1 aliphatic rings. The van der Waals surface area contributed by atoms with Crippen LogP contribution in [0.2, 0.25) is 15.1 Å². The molecular formula is C17H12Cl5NO. The van der Waals surface area contributed by atoms with Crippen molar-refractivity contribution >= 4 is 69.6 Å². The molecule has 3 rings (SSSR count). The van der Waals surface area contributed by atoms with Crippen molar-refractivity contribution in [3.8, 4) is 0 Å². The topological polar surface area (TPSA) is 29.1 Å². The molecule has 0 radical (unpaired) electrons. The lowest BCUT2D eigenvalue weighted by atomic mass is 10.1. The number of carbonyl (C=O) groups excluding carboxylic acids is 1. The standard InChI is InChI=1S/C17H12Cl5NO/c1-8-4-12(2-3-13(8)20)23-16(24)15-14(17(15,21)22)9-5-10(18)7-11(19)6-9/h2-7,14-15H,1H3,(H,23,24)/t14-,15?/m0/s1. The second-order valence-corrected chi connectivity index (χ2v) is 8.51. The van der Waals surface area contributed by atoms with Crippen molar-refractivity contribution in [3.05, 3.63) is 62.6 Å². The van der Waals surface area contributed by atoms with Gasteiger partial charge >= 0.3 is 0 Å². The minimum Gasteiger partial charge on any atom is -0.326 e. The van der Waals surface area contributed by atoms with E-state index in [2.05, 4.69) is 5.32 Å². The molecule has 126 valence electrons. The quantitative estimate of drug-likeness (QED) is 0.562. The zero-order valence-corrected chi connectivity index (χ0v) is 16.2. The van der Waals surface area contributed by atoms with Gasteiger partial charge in [0, 0.05) is 26.7 Å². The summed E-state index contributed by atoms with van der Waals surface area (Å²) >= 11 is 30.7. The van der Waals surface area contributed by atoms with Gasteiger partial charge in [0.15, 0.2) is 0 Å². The number of hydrogen-bond acceptors (Lipinski definition) is 1. The molecule has 0 bridgehead atoms. The Morgan fingerprint density at radius 1 is 1.04 bits per heavy atom. The van der Waals surface area contributed by atoms with E-state index < -0.39 is 10.3 Å². The predicted octanol–water partition coefficient (Wildman–Crippen LogP) is 6.48. The van der Waals surface area contributed by atoms with Crippen LogP contribution in [0.4, 0.5) is 5.69 Å². The van der Waals surface area contributed by atoms with Crippen LogP contribution >= 0.6 is 58.0 Å². The van der Waals surface area contributed by atoms with E-state index in [-0.39, 0.29) is 11.8 Å². The molecule has 24 heavy (non-hydrogen) atoms. The summed E-state index contributed by atoms with van der Waals surface area (Å²) in [5.74, 6) is -1.22. The lowest BCUT2D eigenvalue weighted by Crippen LogP contribution is -2.17. The van der Waals surface area contributed by atoms with Crippen molar-refractivity contribution < 1.29 is 4.79 Å². The maximum Gasteiger partial charge on any atom is 0.231 e. The van der Waals surface area contributed by atoms with Gasteiger partial charge in [-0.2, -0.15) is 0 Å². The van der Waals surface area contributed by atoms with Gasteiger partial charge in [-0.05, 0) is 54.4 Å². The first-order valence-electron chi connectivity index (χ1n) is 7.11. The van der Waals surface area contributed by atoms with Crippen molar-refractivity contribution in [1.82, 2.24) is 0 Å². The normalized spacial score (nSPS) is 21.4. The summed E-state index contributed by atoms with van der Waals surface area (Å²) in [6.45, 7) is 1.86. The Morgan fingerprint density at radius 2 is 1.67 bits per heavy atom. The van der Waals surface area contributed by atoms with Crippen LogP contribution in [-0.4, -0.2) is 10.2 Å². The molecule has 1 N–H and O–H groups in total. The van der Waals surface area contributed by atoms with Gasteiger partial charge in [0.1, 0.15) is 4.33 Å². The molecule has 0 aromatic heterocycles. The van der Waals surface area contributed by atoms with E-state index in [1.165, 1.54) is 0 Å². The van der Waals surface area contributed by atoms with Crippen LogP contribution in [0.5, 0.6) is 0 Å². The number of halogens is 5. The van der Waals surface area contributed by atoms with Crippen LogP contribution in [-0.2, 0) is 4.79 Å². The van der Waals surface area contributed by atoms with E-state index in [9.17, 15) is 4.79 Å². The SMILES string of the molecule is Cc1cc(NC(=O)C2[C@H](c3cc(Cl)cc(Cl)c3)C2(Cl)Cl)ccc1Cl. The molecule has 0 saturated heterocycles. The third-order valence-corrected chi connectivity index (χ3v) is 5.81. The summed E-state index contributed by atoms with van der Waals surface area (Å²) in [6.07, 6.45) is 0. The van der Waals surface area contributed by atoms with Gasteiger partial charge in [-0.3, -0.25) is 4.79 Å². The Morgan fingerprint density at radius 3 is 2.25 bits per heavy atom. The molecule has 1 aliphatic carbocycles. The number of alkyl halides is 2. The summed E-state index contributed by atoms with van der Waals surface area (Å²) in [4.78, 5) is 12.6. The third kappa shape index (κ3) is 3.49. The van der Waals surface area contributed by atoms with E-state index in [0.717, 1.165) is 11.1 Å². The Labute approximate surface area is 165 Å². The summed E-state index contributed by atoms with van der Waals surface area (Å²) in [7, 11) is 0. The van der Waals surface area contributed by atoms with Crippen LogP contribution in [0, 0.1) is 12.8 Å². The van der Waals surface area contributed by atoms with Gasteiger partial charge in [-0.25, -0.2) is 0 Å². The van der Waals surface area contributed by atoms with Gasteiger partial charge in [0.2, 0.25) is 5.91 Å². The number of anilines is 1. The van der Waals surface area contributed by atoms with Gasteiger partial charge in [0.05, 0.1) is 5.92 Å². The van der Waals surface area contributed by atoms with Crippen molar-refractivity contribution in [2.24, 2.45) is 5.92 Å². The molecule has 0 aliphatic heterocycles. The highest BCUT2D eigenvalue weighted by Crippen LogP contribution is 2.65. The second-order valence-electron chi connectivity index (χ2n) is 5.79. The summed E-state index contributed by atoms with van der Waals surface area (Å²) in [5.41, 5.74) is 2.25. The van der Waals surface area contributed by atoms with E-state index in [0.29, 0.717) is 20.8 Å². The van der Waals surface area contributed by atoms with Crippen LogP contribution in [0.15, 0.2) is 36.4 Å².